The maximum absolute atomic E-state index is 4.87. The van der Waals surface area contributed by atoms with E-state index in [4.69, 9.17) is 4.99 Å². The zero-order chi connectivity index (χ0) is 17.6. The van der Waals surface area contributed by atoms with Gasteiger partial charge in [-0.05, 0) is 31.2 Å². The molecule has 0 aliphatic carbocycles. The largest absolute Gasteiger partial charge is 0.349 e. The number of likely N-dealkylation sites (tertiary alicyclic amines) is 1. The third-order valence-electron chi connectivity index (χ3n) is 4.92. The van der Waals surface area contributed by atoms with Crippen molar-refractivity contribution in [2.45, 2.75) is 39.8 Å². The Morgan fingerprint density at radius 2 is 1.92 bits per heavy atom. The van der Waals surface area contributed by atoms with Crippen LogP contribution in [0.3, 0.4) is 0 Å². The van der Waals surface area contributed by atoms with Crippen molar-refractivity contribution in [2.75, 3.05) is 13.1 Å². The fraction of sp³-hybridized carbons (Fsp3) is 0.526. The van der Waals surface area contributed by atoms with Gasteiger partial charge in [0.2, 0.25) is 0 Å². The first-order valence-corrected chi connectivity index (χ1v) is 9.05. The first-order chi connectivity index (χ1) is 12.1. The highest BCUT2D eigenvalue weighted by molar-refractivity contribution is 5.80. The minimum absolute atomic E-state index is 0.636. The van der Waals surface area contributed by atoms with Crippen LogP contribution in [0.1, 0.15) is 37.0 Å². The lowest BCUT2D eigenvalue weighted by Gasteiger charge is -2.33. The molecule has 1 aliphatic rings. The first kappa shape index (κ1) is 17.5. The summed E-state index contributed by atoms with van der Waals surface area (Å²) in [4.78, 5) is 7.24. The van der Waals surface area contributed by atoms with Gasteiger partial charge >= 0.3 is 0 Å². The van der Waals surface area contributed by atoms with Gasteiger partial charge in [-0.2, -0.15) is 0 Å². The third kappa shape index (κ3) is 4.59. The lowest BCUT2D eigenvalue weighted by Crippen LogP contribution is -2.45. The van der Waals surface area contributed by atoms with E-state index in [9.17, 15) is 0 Å². The van der Waals surface area contributed by atoms with Gasteiger partial charge in [-0.15, -0.1) is 10.2 Å². The summed E-state index contributed by atoms with van der Waals surface area (Å²) in [6.45, 7) is 7.73. The number of aromatic nitrogens is 3. The Balaban J connectivity index is 1.70. The molecular formula is C19H28N6. The van der Waals surface area contributed by atoms with Gasteiger partial charge < -0.3 is 14.8 Å². The number of nitrogens with one attached hydrogen (secondary N) is 1. The highest BCUT2D eigenvalue weighted by atomic mass is 15.3. The highest BCUT2D eigenvalue weighted by Gasteiger charge is 2.19. The zero-order valence-corrected chi connectivity index (χ0v) is 15.4. The third-order valence-corrected chi connectivity index (χ3v) is 4.92. The average molecular weight is 340 g/mol. The Hall–Kier alpha value is -2.37. The van der Waals surface area contributed by atoms with Crippen LogP contribution in [-0.2, 0) is 20.1 Å². The summed E-state index contributed by atoms with van der Waals surface area (Å²) >= 11 is 0. The molecule has 1 fully saturated rings. The second-order valence-corrected chi connectivity index (χ2v) is 6.87. The number of hydrogen-bond donors (Lipinski definition) is 1. The minimum atomic E-state index is 0.636. The molecule has 1 aliphatic heterocycles. The molecule has 2 aromatic rings. The Morgan fingerprint density at radius 3 is 2.56 bits per heavy atom. The Labute approximate surface area is 150 Å². The smallest absolute Gasteiger partial charge is 0.194 e. The van der Waals surface area contributed by atoms with Crippen LogP contribution in [0, 0.1) is 12.8 Å². The lowest BCUT2D eigenvalue weighted by molar-refractivity contribution is 0.272. The van der Waals surface area contributed by atoms with Gasteiger partial charge in [0.05, 0.1) is 13.1 Å². The van der Waals surface area contributed by atoms with Crippen LogP contribution in [0.5, 0.6) is 0 Å². The van der Waals surface area contributed by atoms with E-state index in [-0.39, 0.29) is 0 Å². The molecule has 1 aromatic heterocycles. The summed E-state index contributed by atoms with van der Waals surface area (Å²) in [6.07, 6.45) is 2.43. The molecule has 6 nitrogen and oxygen atoms in total. The predicted octanol–water partition coefficient (Wildman–Crippen LogP) is 2.50. The van der Waals surface area contributed by atoms with Crippen molar-refractivity contribution in [2.24, 2.45) is 18.0 Å². The molecule has 25 heavy (non-hydrogen) atoms. The van der Waals surface area contributed by atoms with Gasteiger partial charge in [0.25, 0.3) is 0 Å². The molecule has 1 saturated heterocycles. The molecule has 6 heteroatoms. The van der Waals surface area contributed by atoms with E-state index < -0.39 is 0 Å². The van der Waals surface area contributed by atoms with Crippen LogP contribution in [-0.4, -0.2) is 38.7 Å². The van der Waals surface area contributed by atoms with E-state index in [1.54, 1.807) is 0 Å². The molecule has 134 valence electrons. The molecule has 1 aromatic carbocycles. The van der Waals surface area contributed by atoms with Gasteiger partial charge in [0.1, 0.15) is 5.82 Å². The SMILES string of the molecule is Cc1nnc(CNC(=NCc2ccccc2)N2CCC(C)CC2)n1C. The summed E-state index contributed by atoms with van der Waals surface area (Å²) < 4.78 is 2.01. The minimum Gasteiger partial charge on any atom is -0.349 e. The number of aryl methyl sites for hydroxylation is 1. The van der Waals surface area contributed by atoms with Crippen LogP contribution in [0.25, 0.3) is 0 Å². The fourth-order valence-electron chi connectivity index (χ4n) is 3.00. The van der Waals surface area contributed by atoms with Gasteiger partial charge in [0.15, 0.2) is 11.8 Å². The van der Waals surface area contributed by atoms with Crippen molar-refractivity contribution < 1.29 is 0 Å². The zero-order valence-electron chi connectivity index (χ0n) is 15.4. The fourth-order valence-corrected chi connectivity index (χ4v) is 3.00. The number of guanidine groups is 1. The Morgan fingerprint density at radius 1 is 1.20 bits per heavy atom. The molecule has 0 saturated carbocycles. The topological polar surface area (TPSA) is 58.3 Å². The summed E-state index contributed by atoms with van der Waals surface area (Å²) in [6, 6.07) is 10.4. The van der Waals surface area contributed by atoms with Crippen molar-refractivity contribution in [3.05, 3.63) is 47.5 Å². The molecule has 1 N–H and O–H groups in total. The Kier molecular flexibility index (Phi) is 5.68. The first-order valence-electron chi connectivity index (χ1n) is 9.05. The normalized spacial score (nSPS) is 16.3. The maximum atomic E-state index is 4.87. The van der Waals surface area contributed by atoms with Crippen molar-refractivity contribution in [1.29, 1.82) is 0 Å². The van der Waals surface area contributed by atoms with Crippen LogP contribution >= 0.6 is 0 Å². The molecule has 0 spiro atoms. The van der Waals surface area contributed by atoms with E-state index in [1.807, 2.05) is 24.6 Å². The number of piperidine rings is 1. The summed E-state index contributed by atoms with van der Waals surface area (Å²) in [5.74, 6) is 3.62. The van der Waals surface area contributed by atoms with E-state index >= 15 is 0 Å². The molecule has 0 amide bonds. The van der Waals surface area contributed by atoms with E-state index in [2.05, 4.69) is 51.6 Å². The number of aliphatic imine (C=N–C) groups is 1. The number of hydrogen-bond acceptors (Lipinski definition) is 3. The standard InChI is InChI=1S/C19H28N6/c1-15-9-11-25(12-10-15)19(20-13-17-7-5-4-6-8-17)21-14-18-23-22-16(2)24(18)3/h4-8,15H,9-14H2,1-3H3,(H,20,21). The van der Waals surface area contributed by atoms with Crippen molar-refractivity contribution in [3.63, 3.8) is 0 Å². The molecule has 0 atom stereocenters. The quantitative estimate of drug-likeness (QED) is 0.686. The van der Waals surface area contributed by atoms with E-state index in [1.165, 1.54) is 18.4 Å². The summed E-state index contributed by atoms with van der Waals surface area (Å²) in [7, 11) is 2.00. The summed E-state index contributed by atoms with van der Waals surface area (Å²) in [5.41, 5.74) is 1.22. The van der Waals surface area contributed by atoms with Crippen molar-refractivity contribution >= 4 is 5.96 Å². The molecule has 3 rings (SSSR count). The van der Waals surface area contributed by atoms with Gasteiger partial charge in [-0.25, -0.2) is 4.99 Å². The second kappa shape index (κ2) is 8.14. The number of benzene rings is 1. The molecular weight excluding hydrogens is 312 g/mol. The molecule has 0 radical (unpaired) electrons. The van der Waals surface area contributed by atoms with Crippen LogP contribution in [0.15, 0.2) is 35.3 Å². The summed E-state index contributed by atoms with van der Waals surface area (Å²) in [5, 5.41) is 11.9. The molecule has 0 unspecified atom stereocenters. The monoisotopic (exact) mass is 340 g/mol. The molecule has 0 bridgehead atoms. The van der Waals surface area contributed by atoms with Crippen molar-refractivity contribution in [3.8, 4) is 0 Å². The van der Waals surface area contributed by atoms with Gasteiger partial charge in [-0.3, -0.25) is 0 Å². The van der Waals surface area contributed by atoms with Crippen molar-refractivity contribution in [1.82, 2.24) is 25.0 Å². The van der Waals surface area contributed by atoms with Gasteiger partial charge in [-0.1, -0.05) is 37.3 Å². The van der Waals surface area contributed by atoms with Gasteiger partial charge in [0, 0.05) is 20.1 Å². The predicted molar refractivity (Wildman–Crippen MR) is 100 cm³/mol. The Bertz CT molecular complexity index is 698. The van der Waals surface area contributed by atoms with Crippen LogP contribution < -0.4 is 5.32 Å². The van der Waals surface area contributed by atoms with Crippen LogP contribution in [0.2, 0.25) is 0 Å². The average Bonchev–Trinajstić information content (AvgIpc) is 2.96. The molecule has 2 heterocycles. The lowest BCUT2D eigenvalue weighted by atomic mass is 10.00. The second-order valence-electron chi connectivity index (χ2n) is 6.87. The van der Waals surface area contributed by atoms with E-state index in [0.717, 1.165) is 36.6 Å². The van der Waals surface area contributed by atoms with Crippen LogP contribution in [0.4, 0.5) is 0 Å². The van der Waals surface area contributed by atoms with E-state index in [0.29, 0.717) is 13.1 Å². The highest BCUT2D eigenvalue weighted by Crippen LogP contribution is 2.16. The number of nitrogens with zero attached hydrogens (tertiary/aromatic N) is 5. The number of rotatable bonds is 4. The maximum Gasteiger partial charge on any atom is 0.194 e.